The van der Waals surface area contributed by atoms with Crippen molar-refractivity contribution in [3.8, 4) is 0 Å². The first kappa shape index (κ1) is 21.0. The van der Waals surface area contributed by atoms with Gasteiger partial charge in [0.25, 0.3) is 5.91 Å². The molecule has 0 unspecified atom stereocenters. The lowest BCUT2D eigenvalue weighted by molar-refractivity contribution is 0.0764. The van der Waals surface area contributed by atoms with Crippen molar-refractivity contribution in [3.63, 3.8) is 0 Å². The van der Waals surface area contributed by atoms with Crippen LogP contribution in [0.25, 0.3) is 0 Å². The Kier molecular flexibility index (Phi) is 6.54. The Bertz CT molecular complexity index is 985. The Balaban J connectivity index is 1.90. The van der Waals surface area contributed by atoms with Crippen molar-refractivity contribution in [2.24, 2.45) is 0 Å². The minimum absolute atomic E-state index is 0.115. The smallest absolute Gasteiger partial charge is 0.254 e. The molecule has 1 amide bonds. The zero-order valence-electron chi connectivity index (χ0n) is 15.1. The topological polar surface area (TPSA) is 57.7 Å². The molecule has 0 saturated carbocycles. The number of benzene rings is 1. The molecular weight excluding hydrogens is 423 g/mol. The molecule has 150 valence electrons. The molecule has 0 atom stereocenters. The molecule has 2 aromatic rings. The molecule has 1 aromatic heterocycles. The van der Waals surface area contributed by atoms with E-state index in [1.165, 1.54) is 26.6 Å². The Morgan fingerprint density at radius 1 is 1.29 bits per heavy atom. The van der Waals surface area contributed by atoms with Gasteiger partial charge in [-0.25, -0.2) is 12.8 Å². The van der Waals surface area contributed by atoms with E-state index in [1.54, 1.807) is 12.1 Å². The maximum Gasteiger partial charge on any atom is 0.254 e. The minimum Gasteiger partial charge on any atom is -0.330 e. The van der Waals surface area contributed by atoms with Crippen LogP contribution in [-0.2, 0) is 16.6 Å². The number of hydrogen-bond acceptors (Lipinski definition) is 4. The largest absolute Gasteiger partial charge is 0.330 e. The van der Waals surface area contributed by atoms with Crippen molar-refractivity contribution in [1.82, 2.24) is 9.21 Å². The van der Waals surface area contributed by atoms with E-state index in [1.807, 2.05) is 6.07 Å². The standard InChI is InChI=1S/C19H20ClFN2O3S2/c1-2-9-22(13-15-6-8-18(20)27-15)19(24)14-5-7-16(21)17(12-14)28(25,26)23-10-3-4-11-23/h2,5-8,12H,1,3-4,9-11,13H2. The third-order valence-electron chi connectivity index (χ3n) is 4.47. The zero-order chi connectivity index (χ0) is 20.3. The van der Waals surface area contributed by atoms with Crippen LogP contribution >= 0.6 is 22.9 Å². The first-order chi connectivity index (χ1) is 13.3. The summed E-state index contributed by atoms with van der Waals surface area (Å²) in [7, 11) is -3.97. The molecule has 9 heteroatoms. The summed E-state index contributed by atoms with van der Waals surface area (Å²) in [6.45, 7) is 4.96. The van der Waals surface area contributed by atoms with Gasteiger partial charge in [0.2, 0.25) is 10.0 Å². The predicted molar refractivity (Wildman–Crippen MR) is 109 cm³/mol. The number of amides is 1. The van der Waals surface area contributed by atoms with E-state index in [4.69, 9.17) is 11.6 Å². The van der Waals surface area contributed by atoms with Gasteiger partial charge in [-0.1, -0.05) is 17.7 Å². The molecule has 1 aliphatic heterocycles. The Hall–Kier alpha value is -1.74. The summed E-state index contributed by atoms with van der Waals surface area (Å²) in [6.07, 6.45) is 3.07. The van der Waals surface area contributed by atoms with Crippen molar-refractivity contribution in [1.29, 1.82) is 0 Å². The molecule has 1 saturated heterocycles. The first-order valence-corrected chi connectivity index (χ1v) is 11.4. The first-order valence-electron chi connectivity index (χ1n) is 8.77. The van der Waals surface area contributed by atoms with Crippen LogP contribution in [0, 0.1) is 5.82 Å². The van der Waals surface area contributed by atoms with Crippen LogP contribution in [0.5, 0.6) is 0 Å². The highest BCUT2D eigenvalue weighted by Crippen LogP contribution is 2.26. The van der Waals surface area contributed by atoms with Gasteiger partial charge in [0.1, 0.15) is 10.7 Å². The number of nitrogens with zero attached hydrogens (tertiary/aromatic N) is 2. The van der Waals surface area contributed by atoms with Gasteiger partial charge < -0.3 is 4.90 Å². The summed E-state index contributed by atoms with van der Waals surface area (Å²) in [4.78, 5) is 14.9. The van der Waals surface area contributed by atoms with Crippen molar-refractivity contribution < 1.29 is 17.6 Å². The molecule has 1 fully saturated rings. The molecule has 1 aromatic carbocycles. The van der Waals surface area contributed by atoms with Crippen molar-refractivity contribution in [2.45, 2.75) is 24.3 Å². The van der Waals surface area contributed by atoms with Crippen LogP contribution in [0.4, 0.5) is 4.39 Å². The fourth-order valence-corrected chi connectivity index (χ4v) is 5.79. The summed E-state index contributed by atoms with van der Waals surface area (Å²) in [5.74, 6) is -1.26. The molecule has 5 nitrogen and oxygen atoms in total. The SMILES string of the molecule is C=CCN(Cc1ccc(Cl)s1)C(=O)c1ccc(F)c(S(=O)(=O)N2CCCC2)c1. The van der Waals surface area contributed by atoms with Gasteiger partial charge >= 0.3 is 0 Å². The molecule has 28 heavy (non-hydrogen) atoms. The number of halogens is 2. The number of sulfonamides is 1. The second-order valence-corrected chi connectivity index (χ2v) is 10.1. The molecule has 0 spiro atoms. The van der Waals surface area contributed by atoms with Gasteiger partial charge in [-0.2, -0.15) is 4.31 Å². The normalized spacial score (nSPS) is 14.9. The highest BCUT2D eigenvalue weighted by molar-refractivity contribution is 7.89. The van der Waals surface area contributed by atoms with Crippen LogP contribution < -0.4 is 0 Å². The Morgan fingerprint density at radius 3 is 2.61 bits per heavy atom. The van der Waals surface area contributed by atoms with Gasteiger partial charge in [0.05, 0.1) is 10.9 Å². The van der Waals surface area contributed by atoms with Crippen LogP contribution in [0.1, 0.15) is 28.1 Å². The van der Waals surface area contributed by atoms with Crippen LogP contribution in [0.15, 0.2) is 47.9 Å². The summed E-state index contributed by atoms with van der Waals surface area (Å²) in [5.41, 5.74) is 0.115. The van der Waals surface area contributed by atoms with Crippen LogP contribution in [-0.4, -0.2) is 43.2 Å². The van der Waals surface area contributed by atoms with Crippen LogP contribution in [0.3, 0.4) is 0 Å². The monoisotopic (exact) mass is 442 g/mol. The van der Waals surface area contributed by atoms with E-state index in [9.17, 15) is 17.6 Å². The fourth-order valence-electron chi connectivity index (χ4n) is 3.08. The summed E-state index contributed by atoms with van der Waals surface area (Å²) in [5, 5.41) is 0. The van der Waals surface area contributed by atoms with Crippen molar-refractivity contribution in [3.05, 3.63) is 63.6 Å². The molecule has 2 heterocycles. The highest BCUT2D eigenvalue weighted by atomic mass is 35.5. The van der Waals surface area contributed by atoms with Crippen molar-refractivity contribution >= 4 is 38.9 Å². The molecule has 0 aliphatic carbocycles. The van der Waals surface area contributed by atoms with Gasteiger partial charge in [-0.15, -0.1) is 17.9 Å². The van der Waals surface area contributed by atoms with E-state index in [-0.39, 0.29) is 12.1 Å². The lowest BCUT2D eigenvalue weighted by atomic mass is 10.2. The molecule has 3 rings (SSSR count). The number of thiophene rings is 1. The summed E-state index contributed by atoms with van der Waals surface area (Å²) < 4.78 is 41.7. The molecular formula is C19H20ClFN2O3S2. The van der Waals surface area contributed by atoms with Gasteiger partial charge in [0.15, 0.2) is 0 Å². The maximum atomic E-state index is 14.3. The van der Waals surface area contributed by atoms with E-state index in [0.29, 0.717) is 24.0 Å². The molecule has 0 bridgehead atoms. The maximum absolute atomic E-state index is 14.3. The Morgan fingerprint density at radius 2 is 2.00 bits per heavy atom. The number of rotatable bonds is 7. The summed E-state index contributed by atoms with van der Waals surface area (Å²) in [6, 6.07) is 7.03. The third kappa shape index (κ3) is 4.46. The predicted octanol–water partition coefficient (Wildman–Crippen LogP) is 4.15. The summed E-state index contributed by atoms with van der Waals surface area (Å²) >= 11 is 7.31. The van der Waals surface area contributed by atoms with Gasteiger partial charge in [-0.3, -0.25) is 4.79 Å². The highest BCUT2D eigenvalue weighted by Gasteiger charge is 2.31. The number of carbonyl (C=O) groups is 1. The van der Waals surface area contributed by atoms with E-state index in [2.05, 4.69) is 6.58 Å². The van der Waals surface area contributed by atoms with E-state index < -0.39 is 26.6 Å². The van der Waals surface area contributed by atoms with Gasteiger partial charge in [0, 0.05) is 30.1 Å². The van der Waals surface area contributed by atoms with E-state index >= 15 is 0 Å². The minimum atomic E-state index is -3.97. The average molecular weight is 443 g/mol. The average Bonchev–Trinajstić information content (AvgIpc) is 3.33. The van der Waals surface area contributed by atoms with Crippen molar-refractivity contribution in [2.75, 3.05) is 19.6 Å². The molecule has 1 aliphatic rings. The van der Waals surface area contributed by atoms with E-state index in [0.717, 1.165) is 29.9 Å². The Labute approximate surface area is 173 Å². The van der Waals surface area contributed by atoms with Gasteiger partial charge in [-0.05, 0) is 43.2 Å². The molecule has 0 radical (unpaired) electrons. The quantitative estimate of drug-likeness (QED) is 0.605. The zero-order valence-corrected chi connectivity index (χ0v) is 17.5. The third-order valence-corrected chi connectivity index (χ3v) is 7.60. The number of hydrogen-bond donors (Lipinski definition) is 0. The fraction of sp³-hybridized carbons (Fsp3) is 0.316. The number of carbonyl (C=O) groups excluding carboxylic acids is 1. The second-order valence-electron chi connectivity index (χ2n) is 6.44. The lowest BCUT2D eigenvalue weighted by Crippen LogP contribution is -2.31. The molecule has 0 N–H and O–H groups in total. The lowest BCUT2D eigenvalue weighted by Gasteiger charge is -2.21. The van der Waals surface area contributed by atoms with Crippen LogP contribution in [0.2, 0.25) is 4.34 Å². The second kappa shape index (κ2) is 8.73.